The molecule has 5 nitrogen and oxygen atoms in total. The van der Waals surface area contributed by atoms with Gasteiger partial charge in [-0.3, -0.25) is 9.48 Å². The van der Waals surface area contributed by atoms with Crippen LogP contribution in [0.2, 0.25) is 0 Å². The zero-order valence-electron chi connectivity index (χ0n) is 14.7. The molecule has 3 rings (SSSR count). The summed E-state index contributed by atoms with van der Waals surface area (Å²) in [7, 11) is 0. The van der Waals surface area contributed by atoms with Crippen LogP contribution in [0.5, 0.6) is 0 Å². The number of nitrogens with one attached hydrogen (secondary N) is 2. The summed E-state index contributed by atoms with van der Waals surface area (Å²) < 4.78 is 1.87. The van der Waals surface area contributed by atoms with Gasteiger partial charge in [0.1, 0.15) is 0 Å². The van der Waals surface area contributed by atoms with Crippen molar-refractivity contribution < 1.29 is 4.79 Å². The number of hydrogen-bond acceptors (Lipinski definition) is 3. The van der Waals surface area contributed by atoms with E-state index in [2.05, 4.69) is 34.8 Å². The lowest BCUT2D eigenvalue weighted by atomic mass is 10.1. The topological polar surface area (TPSA) is 59.0 Å². The van der Waals surface area contributed by atoms with Crippen molar-refractivity contribution in [1.82, 2.24) is 9.78 Å². The average molecular weight is 364 g/mol. The molecule has 2 N–H and O–H groups in total. The van der Waals surface area contributed by atoms with Gasteiger partial charge in [0, 0.05) is 23.5 Å². The molecule has 26 heavy (non-hydrogen) atoms. The quantitative estimate of drug-likeness (QED) is 0.523. The van der Waals surface area contributed by atoms with Crippen molar-refractivity contribution in [3.8, 4) is 0 Å². The molecular formula is C20H20N4OS. The van der Waals surface area contributed by atoms with E-state index in [0.717, 1.165) is 5.69 Å². The van der Waals surface area contributed by atoms with E-state index in [4.69, 9.17) is 12.2 Å². The summed E-state index contributed by atoms with van der Waals surface area (Å²) in [5.41, 5.74) is 3.95. The van der Waals surface area contributed by atoms with E-state index < -0.39 is 0 Å². The summed E-state index contributed by atoms with van der Waals surface area (Å²) in [4.78, 5) is 11.3. The molecule has 0 fully saturated rings. The Balaban J connectivity index is 1.59. The fraction of sp³-hybridized carbons (Fsp3) is 0.150. The molecule has 0 amide bonds. The standard InChI is InChI=1S/C20H20N4OS/c1-14-5-3-4-6-17(14)13-24-12-11-19(23-24)22-20(26)21-18-9-7-16(8-10-18)15(2)25/h3-12H,13H2,1-2H3,(H2,21,22,23,26). The van der Waals surface area contributed by atoms with Crippen LogP contribution in [0.4, 0.5) is 11.5 Å². The SMILES string of the molecule is CC(=O)c1ccc(NC(=S)Nc2ccn(Cc3ccccc3C)n2)cc1. The van der Waals surface area contributed by atoms with E-state index in [0.29, 0.717) is 23.0 Å². The van der Waals surface area contributed by atoms with Gasteiger partial charge in [0.15, 0.2) is 16.7 Å². The molecule has 0 bridgehead atoms. The summed E-state index contributed by atoms with van der Waals surface area (Å²) in [6, 6.07) is 17.3. The minimum atomic E-state index is 0.0384. The molecule has 3 aromatic rings. The zero-order valence-corrected chi connectivity index (χ0v) is 15.5. The predicted molar refractivity (Wildman–Crippen MR) is 109 cm³/mol. The van der Waals surface area contributed by atoms with Crippen molar-refractivity contribution in [3.63, 3.8) is 0 Å². The van der Waals surface area contributed by atoms with Gasteiger partial charge in [0.05, 0.1) is 6.54 Å². The Morgan fingerprint density at radius 1 is 1.08 bits per heavy atom. The summed E-state index contributed by atoms with van der Waals surface area (Å²) in [6.07, 6.45) is 1.92. The maximum atomic E-state index is 11.3. The van der Waals surface area contributed by atoms with Crippen LogP contribution in [0.15, 0.2) is 60.8 Å². The van der Waals surface area contributed by atoms with Gasteiger partial charge in [-0.15, -0.1) is 0 Å². The Hall–Kier alpha value is -2.99. The van der Waals surface area contributed by atoms with Crippen LogP contribution >= 0.6 is 12.2 Å². The van der Waals surface area contributed by atoms with E-state index in [1.54, 1.807) is 19.1 Å². The maximum Gasteiger partial charge on any atom is 0.176 e. The molecule has 2 aromatic carbocycles. The number of Topliss-reactive ketones (excluding diaryl/α,β-unsaturated/α-hetero) is 1. The summed E-state index contributed by atoms with van der Waals surface area (Å²) in [6.45, 7) is 4.34. The van der Waals surface area contributed by atoms with Gasteiger partial charge < -0.3 is 10.6 Å². The Bertz CT molecular complexity index is 931. The molecule has 0 unspecified atom stereocenters. The number of aromatic nitrogens is 2. The highest BCUT2D eigenvalue weighted by Gasteiger charge is 2.05. The molecular weight excluding hydrogens is 344 g/mol. The molecule has 0 radical (unpaired) electrons. The van der Waals surface area contributed by atoms with Crippen LogP contribution in [0.1, 0.15) is 28.4 Å². The van der Waals surface area contributed by atoms with Crippen molar-refractivity contribution in [2.75, 3.05) is 10.6 Å². The fourth-order valence-corrected chi connectivity index (χ4v) is 2.77. The van der Waals surface area contributed by atoms with E-state index >= 15 is 0 Å². The minimum Gasteiger partial charge on any atom is -0.332 e. The highest BCUT2D eigenvalue weighted by Crippen LogP contribution is 2.13. The number of carbonyl (C=O) groups excluding carboxylic acids is 1. The van der Waals surface area contributed by atoms with Gasteiger partial charge in [-0.1, -0.05) is 24.3 Å². The second-order valence-electron chi connectivity index (χ2n) is 6.04. The first-order valence-corrected chi connectivity index (χ1v) is 8.69. The number of thiocarbonyl (C=S) groups is 1. The second kappa shape index (κ2) is 7.93. The second-order valence-corrected chi connectivity index (χ2v) is 6.45. The average Bonchev–Trinajstić information content (AvgIpc) is 3.04. The lowest BCUT2D eigenvalue weighted by molar-refractivity contribution is 0.101. The number of nitrogens with zero attached hydrogens (tertiary/aromatic N) is 2. The Morgan fingerprint density at radius 3 is 2.50 bits per heavy atom. The van der Waals surface area contributed by atoms with E-state index in [1.165, 1.54) is 11.1 Å². The maximum absolute atomic E-state index is 11.3. The predicted octanol–water partition coefficient (Wildman–Crippen LogP) is 4.25. The molecule has 0 aliphatic heterocycles. The lowest BCUT2D eigenvalue weighted by Gasteiger charge is -2.09. The van der Waals surface area contributed by atoms with E-state index in [-0.39, 0.29) is 5.78 Å². The summed E-state index contributed by atoms with van der Waals surface area (Å²) in [5, 5.41) is 11.1. The molecule has 0 aliphatic rings. The monoisotopic (exact) mass is 364 g/mol. The van der Waals surface area contributed by atoms with Crippen LogP contribution in [0.25, 0.3) is 0 Å². The Labute approximate surface area is 158 Å². The number of ketones is 1. The Morgan fingerprint density at radius 2 is 1.81 bits per heavy atom. The van der Waals surface area contributed by atoms with Crippen molar-refractivity contribution in [2.24, 2.45) is 0 Å². The van der Waals surface area contributed by atoms with E-state index in [9.17, 15) is 4.79 Å². The van der Waals surface area contributed by atoms with Crippen LogP contribution in [0.3, 0.4) is 0 Å². The molecule has 0 saturated heterocycles. The first kappa shape index (κ1) is 17.8. The number of carbonyl (C=O) groups is 1. The first-order chi connectivity index (χ1) is 12.5. The van der Waals surface area contributed by atoms with Crippen molar-refractivity contribution in [1.29, 1.82) is 0 Å². The van der Waals surface area contributed by atoms with Crippen molar-refractivity contribution >= 4 is 34.6 Å². The molecule has 1 heterocycles. The number of benzene rings is 2. The summed E-state index contributed by atoms with van der Waals surface area (Å²) in [5.74, 6) is 0.716. The van der Waals surface area contributed by atoms with Gasteiger partial charge in [-0.05, 0) is 61.5 Å². The summed E-state index contributed by atoms with van der Waals surface area (Å²) >= 11 is 5.32. The van der Waals surface area contributed by atoms with Crippen LogP contribution in [-0.4, -0.2) is 20.7 Å². The number of aryl methyl sites for hydroxylation is 1. The molecule has 132 valence electrons. The van der Waals surface area contributed by atoms with Crippen LogP contribution < -0.4 is 10.6 Å². The van der Waals surface area contributed by atoms with Gasteiger partial charge in [0.2, 0.25) is 0 Å². The van der Waals surface area contributed by atoms with Gasteiger partial charge in [-0.2, -0.15) is 5.10 Å². The number of rotatable bonds is 5. The molecule has 0 atom stereocenters. The van der Waals surface area contributed by atoms with E-state index in [1.807, 2.05) is 41.2 Å². The van der Waals surface area contributed by atoms with Crippen LogP contribution in [-0.2, 0) is 6.54 Å². The van der Waals surface area contributed by atoms with Crippen LogP contribution in [0, 0.1) is 6.92 Å². The highest BCUT2D eigenvalue weighted by atomic mass is 32.1. The normalized spacial score (nSPS) is 10.4. The number of anilines is 2. The van der Waals surface area contributed by atoms with Gasteiger partial charge in [-0.25, -0.2) is 0 Å². The van der Waals surface area contributed by atoms with Crippen molar-refractivity contribution in [3.05, 3.63) is 77.5 Å². The minimum absolute atomic E-state index is 0.0384. The number of hydrogen-bond donors (Lipinski definition) is 2. The van der Waals surface area contributed by atoms with Gasteiger partial charge in [0.25, 0.3) is 0 Å². The Kier molecular flexibility index (Phi) is 5.43. The smallest absolute Gasteiger partial charge is 0.176 e. The molecule has 0 aliphatic carbocycles. The fourth-order valence-electron chi connectivity index (χ4n) is 2.55. The third-order valence-electron chi connectivity index (χ3n) is 4.03. The molecule has 0 spiro atoms. The lowest BCUT2D eigenvalue weighted by Crippen LogP contribution is -2.19. The molecule has 6 heteroatoms. The third kappa shape index (κ3) is 4.55. The van der Waals surface area contributed by atoms with Crippen molar-refractivity contribution in [2.45, 2.75) is 20.4 Å². The highest BCUT2D eigenvalue weighted by molar-refractivity contribution is 7.80. The third-order valence-corrected chi connectivity index (χ3v) is 4.23. The van der Waals surface area contributed by atoms with Gasteiger partial charge >= 0.3 is 0 Å². The first-order valence-electron chi connectivity index (χ1n) is 8.28. The zero-order chi connectivity index (χ0) is 18.5. The largest absolute Gasteiger partial charge is 0.332 e. The molecule has 1 aromatic heterocycles. The molecule has 0 saturated carbocycles.